The van der Waals surface area contributed by atoms with Crippen LogP contribution in [0.25, 0.3) is 22.4 Å². The number of rotatable bonds is 8. The number of amides is 2. The maximum atomic E-state index is 15.8. The molecular weight excluding hydrogens is 549 g/mol. The molecule has 11 heteroatoms. The van der Waals surface area contributed by atoms with E-state index >= 15 is 4.39 Å². The van der Waals surface area contributed by atoms with E-state index in [9.17, 15) is 14.4 Å². The number of hydrogen-bond donors (Lipinski definition) is 2. The molecule has 2 aromatic heterocycles. The molecule has 0 spiro atoms. The van der Waals surface area contributed by atoms with Crippen molar-refractivity contribution in [3.8, 4) is 22.4 Å². The predicted octanol–water partition coefficient (Wildman–Crippen LogP) is 4.78. The monoisotopic (exact) mass is 583 g/mol. The molecule has 0 fully saturated rings. The van der Waals surface area contributed by atoms with E-state index in [4.69, 9.17) is 0 Å². The third-order valence-corrected chi connectivity index (χ3v) is 6.94. The smallest absolute Gasteiger partial charge is 0.290 e. The quantitative estimate of drug-likeness (QED) is 0.175. The molecule has 4 rings (SSSR count). The Balaban J connectivity index is 1.80. The van der Waals surface area contributed by atoms with Crippen molar-refractivity contribution >= 4 is 30.0 Å². The number of anilines is 2. The lowest BCUT2D eigenvalue weighted by Crippen LogP contribution is -2.23. The van der Waals surface area contributed by atoms with Gasteiger partial charge in [-0.1, -0.05) is 39.0 Å². The molecule has 0 radical (unpaired) electrons. The second-order valence-corrected chi connectivity index (χ2v) is 11.3. The van der Waals surface area contributed by atoms with Gasteiger partial charge in [-0.05, 0) is 59.4 Å². The first-order valence-corrected chi connectivity index (χ1v) is 13.5. The Labute approximate surface area is 249 Å². The van der Waals surface area contributed by atoms with E-state index in [2.05, 4.69) is 25.9 Å². The number of aryl methyl sites for hydroxylation is 1. The van der Waals surface area contributed by atoms with Gasteiger partial charge in [-0.15, -0.1) is 0 Å². The van der Waals surface area contributed by atoms with Gasteiger partial charge in [0.2, 0.25) is 6.41 Å². The highest BCUT2D eigenvalue weighted by atomic mass is 19.1. The molecule has 43 heavy (non-hydrogen) atoms. The number of hydrazone groups is 1. The summed E-state index contributed by atoms with van der Waals surface area (Å²) in [6.07, 6.45) is 3.30. The fraction of sp³-hybridized carbons (Fsp3) is 0.250. The second-order valence-electron chi connectivity index (χ2n) is 11.3. The maximum absolute atomic E-state index is 15.8. The van der Waals surface area contributed by atoms with E-state index in [1.807, 2.05) is 39.8 Å². The van der Waals surface area contributed by atoms with E-state index in [1.165, 1.54) is 28.1 Å². The Morgan fingerprint density at radius 1 is 1.09 bits per heavy atom. The zero-order valence-corrected chi connectivity index (χ0v) is 25.2. The summed E-state index contributed by atoms with van der Waals surface area (Å²) in [5.74, 6) is -0.238. The number of pyridine rings is 1. The van der Waals surface area contributed by atoms with Crippen LogP contribution in [-0.2, 0) is 17.3 Å². The number of carbonyl (C=O) groups is 2. The van der Waals surface area contributed by atoms with Crippen molar-refractivity contribution in [2.45, 2.75) is 33.1 Å². The normalized spacial score (nSPS) is 11.4. The van der Waals surface area contributed by atoms with Crippen LogP contribution in [-0.4, -0.2) is 52.3 Å². The lowest BCUT2D eigenvalue weighted by molar-refractivity contribution is -0.109. The summed E-state index contributed by atoms with van der Waals surface area (Å²) in [7, 11) is 4.85. The van der Waals surface area contributed by atoms with Gasteiger partial charge in [0.1, 0.15) is 17.3 Å². The van der Waals surface area contributed by atoms with Crippen molar-refractivity contribution in [1.82, 2.24) is 25.1 Å². The molecule has 2 heterocycles. The Kier molecular flexibility index (Phi) is 8.84. The van der Waals surface area contributed by atoms with Gasteiger partial charge in [-0.2, -0.15) is 10.2 Å². The van der Waals surface area contributed by atoms with Gasteiger partial charge in [0.05, 0.1) is 17.5 Å². The average Bonchev–Trinajstić information content (AvgIpc) is 2.95. The van der Waals surface area contributed by atoms with Crippen LogP contribution in [0.3, 0.4) is 0 Å². The highest BCUT2D eigenvalue weighted by Crippen LogP contribution is 2.37. The summed E-state index contributed by atoms with van der Waals surface area (Å²) >= 11 is 0. The van der Waals surface area contributed by atoms with Gasteiger partial charge >= 0.3 is 0 Å². The van der Waals surface area contributed by atoms with Crippen LogP contribution in [0.1, 0.15) is 47.8 Å². The topological polar surface area (TPSA) is 122 Å². The van der Waals surface area contributed by atoms with Crippen LogP contribution in [0, 0.1) is 12.7 Å². The standard InChI is InChI=1S/C32H34FN7O3/c1-19-23(9-8-10-24(19)29-21(17-35-36-18-41)13-22(14-25(29)33)32(2,3)4)26-15-27(31(43)40(7)38-26)37-28-12-11-20(16-34-28)30(42)39(5)6/h8-18H,1-7H3,(H,34,37)(H,36,41)/b35-17-. The number of hydrogen-bond acceptors (Lipinski definition) is 7. The van der Waals surface area contributed by atoms with Crippen LogP contribution in [0.5, 0.6) is 0 Å². The van der Waals surface area contributed by atoms with E-state index in [0.717, 1.165) is 11.1 Å². The fourth-order valence-corrected chi connectivity index (χ4v) is 4.59. The SMILES string of the molecule is Cc1c(-c2cc(Nc3ccc(C(=O)N(C)C)cn3)c(=O)n(C)n2)cccc1-c1c(F)cc(C(C)(C)C)cc1/C=N\NC=O. The number of benzene rings is 2. The lowest BCUT2D eigenvalue weighted by atomic mass is 9.83. The number of aromatic nitrogens is 3. The van der Waals surface area contributed by atoms with Crippen molar-refractivity contribution in [2.24, 2.45) is 12.1 Å². The van der Waals surface area contributed by atoms with Gasteiger partial charge in [-0.3, -0.25) is 14.4 Å². The Morgan fingerprint density at radius 2 is 1.81 bits per heavy atom. The maximum Gasteiger partial charge on any atom is 0.290 e. The second kappa shape index (κ2) is 12.4. The Bertz CT molecular complexity index is 1770. The van der Waals surface area contributed by atoms with E-state index in [-0.39, 0.29) is 22.6 Å². The summed E-state index contributed by atoms with van der Waals surface area (Å²) in [5, 5.41) is 11.4. The lowest BCUT2D eigenvalue weighted by Gasteiger charge is -2.22. The minimum absolute atomic E-state index is 0.185. The molecule has 0 saturated carbocycles. The zero-order valence-electron chi connectivity index (χ0n) is 25.2. The number of nitrogens with zero attached hydrogens (tertiary/aromatic N) is 5. The predicted molar refractivity (Wildman–Crippen MR) is 166 cm³/mol. The van der Waals surface area contributed by atoms with Gasteiger partial charge in [0.25, 0.3) is 11.5 Å². The third kappa shape index (κ3) is 6.66. The van der Waals surface area contributed by atoms with Crippen LogP contribution < -0.4 is 16.3 Å². The molecule has 0 aliphatic rings. The number of nitrogens with one attached hydrogen (secondary N) is 2. The first kappa shape index (κ1) is 30.8. The molecule has 0 unspecified atom stereocenters. The zero-order chi connectivity index (χ0) is 31.5. The molecule has 2 aromatic carbocycles. The van der Waals surface area contributed by atoms with Gasteiger partial charge < -0.3 is 10.2 Å². The van der Waals surface area contributed by atoms with Crippen LogP contribution in [0.2, 0.25) is 0 Å². The Hall–Kier alpha value is -5.19. The molecule has 0 aliphatic carbocycles. The Morgan fingerprint density at radius 3 is 2.44 bits per heavy atom. The minimum Gasteiger partial charge on any atom is -0.345 e. The first-order chi connectivity index (χ1) is 20.3. The van der Waals surface area contributed by atoms with Crippen LogP contribution in [0.15, 0.2) is 64.6 Å². The molecule has 0 atom stereocenters. The van der Waals surface area contributed by atoms with Crippen molar-refractivity contribution in [2.75, 3.05) is 19.4 Å². The van der Waals surface area contributed by atoms with E-state index in [0.29, 0.717) is 45.7 Å². The summed E-state index contributed by atoms with van der Waals surface area (Å²) in [5.41, 5.74) is 6.29. The van der Waals surface area contributed by atoms with Crippen LogP contribution >= 0.6 is 0 Å². The fourth-order valence-electron chi connectivity index (χ4n) is 4.59. The summed E-state index contributed by atoms with van der Waals surface area (Å²) in [6, 6.07) is 13.7. The summed E-state index contributed by atoms with van der Waals surface area (Å²) < 4.78 is 17.1. The summed E-state index contributed by atoms with van der Waals surface area (Å²) in [4.78, 5) is 41.7. The van der Waals surface area contributed by atoms with Crippen molar-refractivity contribution in [1.29, 1.82) is 0 Å². The van der Waals surface area contributed by atoms with Crippen LogP contribution in [0.4, 0.5) is 15.9 Å². The van der Waals surface area contributed by atoms with Gasteiger partial charge in [-0.25, -0.2) is 19.5 Å². The average molecular weight is 584 g/mol. The van der Waals surface area contributed by atoms with Crippen molar-refractivity contribution < 1.29 is 14.0 Å². The first-order valence-electron chi connectivity index (χ1n) is 13.5. The molecule has 2 N–H and O–H groups in total. The molecule has 0 bridgehead atoms. The third-order valence-electron chi connectivity index (χ3n) is 6.94. The molecule has 10 nitrogen and oxygen atoms in total. The van der Waals surface area contributed by atoms with Gasteiger partial charge in [0, 0.05) is 44.0 Å². The highest BCUT2D eigenvalue weighted by molar-refractivity contribution is 5.94. The molecule has 0 aliphatic heterocycles. The van der Waals surface area contributed by atoms with Crippen molar-refractivity contribution in [3.05, 3.63) is 93.2 Å². The molecular formula is C32H34FN7O3. The number of carbonyl (C=O) groups excluding carboxylic acids is 2. The van der Waals surface area contributed by atoms with Gasteiger partial charge in [0.15, 0.2) is 0 Å². The van der Waals surface area contributed by atoms with E-state index < -0.39 is 5.82 Å². The number of halogens is 1. The van der Waals surface area contributed by atoms with E-state index in [1.54, 1.807) is 51.5 Å². The minimum atomic E-state index is -0.432. The summed E-state index contributed by atoms with van der Waals surface area (Å²) in [6.45, 7) is 7.82. The van der Waals surface area contributed by atoms with Crippen molar-refractivity contribution in [3.63, 3.8) is 0 Å². The molecule has 0 saturated heterocycles. The molecule has 222 valence electrons. The molecule has 2 amide bonds. The largest absolute Gasteiger partial charge is 0.345 e. The molecule has 4 aromatic rings. The highest BCUT2D eigenvalue weighted by Gasteiger charge is 2.22.